The maximum absolute atomic E-state index is 13.2. The van der Waals surface area contributed by atoms with Crippen molar-refractivity contribution in [2.75, 3.05) is 25.1 Å². The maximum atomic E-state index is 13.2. The molecule has 8 heteroatoms. The molecule has 0 spiro atoms. The highest BCUT2D eigenvalue weighted by Crippen LogP contribution is 2.26. The summed E-state index contributed by atoms with van der Waals surface area (Å²) < 4.78 is 14.4. The van der Waals surface area contributed by atoms with E-state index < -0.39 is 0 Å². The molecule has 0 unspecified atom stereocenters. The molecule has 1 aliphatic heterocycles. The van der Waals surface area contributed by atoms with Gasteiger partial charge in [0.25, 0.3) is 5.56 Å². The Hall–Kier alpha value is -3.47. The molecule has 0 radical (unpaired) electrons. The molecule has 1 saturated heterocycles. The highest BCUT2D eigenvalue weighted by molar-refractivity contribution is 5.75. The van der Waals surface area contributed by atoms with Crippen LogP contribution in [0.5, 0.6) is 17.5 Å². The number of hydrogen-bond donors (Lipinski definition) is 0. The van der Waals surface area contributed by atoms with E-state index in [0.29, 0.717) is 29.2 Å². The number of ether oxygens (including phenoxy) is 2. The van der Waals surface area contributed by atoms with Gasteiger partial charge >= 0.3 is 6.01 Å². The third kappa shape index (κ3) is 3.71. The Labute approximate surface area is 175 Å². The second-order valence-corrected chi connectivity index (χ2v) is 7.18. The van der Waals surface area contributed by atoms with Gasteiger partial charge in [0.05, 0.1) is 13.7 Å². The number of fused-ring (bicyclic) bond motifs is 1. The first-order valence-electron chi connectivity index (χ1n) is 10.1. The van der Waals surface area contributed by atoms with Gasteiger partial charge in [0.2, 0.25) is 5.95 Å². The Morgan fingerprint density at radius 2 is 1.90 bits per heavy atom. The van der Waals surface area contributed by atoms with Crippen LogP contribution in [0, 0.1) is 11.8 Å². The Bertz CT molecular complexity index is 1180. The molecule has 1 aliphatic rings. The standard InChI is InChI=1S/C22H25N5O3/c1-4-5-14-27-18-19(23-21(27)26-12-7-6-8-13-26)24-22(25(2)20(18)28)30-17-11-9-10-16(15-17)29-3/h9-11,15H,6-8,12-14H2,1-3H3. The molecule has 1 aromatic carbocycles. The van der Waals surface area contributed by atoms with E-state index in [9.17, 15) is 4.79 Å². The minimum atomic E-state index is -0.216. The zero-order valence-electron chi connectivity index (χ0n) is 17.5. The number of imidazole rings is 1. The second kappa shape index (κ2) is 8.49. The van der Waals surface area contributed by atoms with Gasteiger partial charge in [0.15, 0.2) is 11.2 Å². The molecule has 0 N–H and O–H groups in total. The van der Waals surface area contributed by atoms with E-state index in [1.54, 1.807) is 33.2 Å². The number of methoxy groups -OCH3 is 1. The van der Waals surface area contributed by atoms with Crippen molar-refractivity contribution in [1.82, 2.24) is 19.1 Å². The topological polar surface area (TPSA) is 74.4 Å². The molecule has 0 saturated carbocycles. The zero-order valence-corrected chi connectivity index (χ0v) is 17.5. The summed E-state index contributed by atoms with van der Waals surface area (Å²) in [5.41, 5.74) is 0.597. The average Bonchev–Trinajstić information content (AvgIpc) is 3.15. The van der Waals surface area contributed by atoms with Crippen LogP contribution in [-0.4, -0.2) is 39.3 Å². The first-order valence-corrected chi connectivity index (χ1v) is 10.1. The molecule has 0 bridgehead atoms. The quantitative estimate of drug-likeness (QED) is 0.606. The van der Waals surface area contributed by atoms with Crippen molar-refractivity contribution in [1.29, 1.82) is 0 Å². The van der Waals surface area contributed by atoms with E-state index in [1.165, 1.54) is 11.0 Å². The number of hydrogen-bond acceptors (Lipinski definition) is 6. The van der Waals surface area contributed by atoms with Crippen LogP contribution in [0.2, 0.25) is 0 Å². The lowest BCUT2D eigenvalue weighted by Crippen LogP contribution is -2.32. The fourth-order valence-corrected chi connectivity index (χ4v) is 3.63. The van der Waals surface area contributed by atoms with Crippen molar-refractivity contribution in [3.8, 4) is 29.4 Å². The van der Waals surface area contributed by atoms with Gasteiger partial charge in [-0.15, -0.1) is 5.92 Å². The summed E-state index contributed by atoms with van der Waals surface area (Å²) in [4.78, 5) is 24.7. The van der Waals surface area contributed by atoms with Crippen LogP contribution in [-0.2, 0) is 13.6 Å². The van der Waals surface area contributed by atoms with Gasteiger partial charge in [-0.25, -0.2) is 0 Å². The summed E-state index contributed by atoms with van der Waals surface area (Å²) in [6, 6.07) is 7.34. The van der Waals surface area contributed by atoms with Crippen LogP contribution in [0.3, 0.4) is 0 Å². The summed E-state index contributed by atoms with van der Waals surface area (Å²) in [6.45, 7) is 4.01. The minimum absolute atomic E-state index is 0.178. The van der Waals surface area contributed by atoms with E-state index in [0.717, 1.165) is 31.9 Å². The lowest BCUT2D eigenvalue weighted by atomic mass is 10.1. The lowest BCUT2D eigenvalue weighted by molar-refractivity contribution is 0.396. The lowest BCUT2D eigenvalue weighted by Gasteiger charge is -2.27. The molecule has 3 aromatic rings. The van der Waals surface area contributed by atoms with Crippen LogP contribution in [0.15, 0.2) is 29.1 Å². The summed E-state index contributed by atoms with van der Waals surface area (Å²) in [6.07, 6.45) is 3.43. The highest BCUT2D eigenvalue weighted by atomic mass is 16.5. The number of aromatic nitrogens is 4. The molecule has 30 heavy (non-hydrogen) atoms. The van der Waals surface area contributed by atoms with Crippen LogP contribution in [0.25, 0.3) is 11.2 Å². The Kier molecular flexibility index (Phi) is 5.61. The molecule has 0 amide bonds. The van der Waals surface area contributed by atoms with Gasteiger partial charge in [-0.3, -0.25) is 13.9 Å². The monoisotopic (exact) mass is 407 g/mol. The Balaban J connectivity index is 1.82. The van der Waals surface area contributed by atoms with Crippen molar-refractivity contribution in [3.05, 3.63) is 34.6 Å². The fraction of sp³-hybridized carbons (Fsp3) is 0.409. The number of benzene rings is 1. The normalized spacial score (nSPS) is 13.8. The Morgan fingerprint density at radius 3 is 2.63 bits per heavy atom. The number of anilines is 1. The number of nitrogens with zero attached hydrogens (tertiary/aromatic N) is 5. The van der Waals surface area contributed by atoms with E-state index >= 15 is 0 Å². The first-order chi connectivity index (χ1) is 14.6. The van der Waals surface area contributed by atoms with Gasteiger partial charge in [0, 0.05) is 26.2 Å². The number of rotatable bonds is 5. The Morgan fingerprint density at radius 1 is 1.13 bits per heavy atom. The SMILES string of the molecule is CC#CCn1c(N2CCCCC2)nc2nc(Oc3cccc(OC)c3)n(C)c(=O)c21. The minimum Gasteiger partial charge on any atom is -0.497 e. The van der Waals surface area contributed by atoms with Crippen molar-refractivity contribution in [2.45, 2.75) is 32.7 Å². The molecule has 1 fully saturated rings. The second-order valence-electron chi connectivity index (χ2n) is 7.18. The van der Waals surface area contributed by atoms with Crippen molar-refractivity contribution < 1.29 is 9.47 Å². The highest BCUT2D eigenvalue weighted by Gasteiger charge is 2.23. The number of piperidine rings is 1. The van der Waals surface area contributed by atoms with Crippen LogP contribution in [0.4, 0.5) is 5.95 Å². The van der Waals surface area contributed by atoms with E-state index in [-0.39, 0.29) is 11.6 Å². The van der Waals surface area contributed by atoms with E-state index in [1.807, 2.05) is 16.7 Å². The molecule has 8 nitrogen and oxygen atoms in total. The van der Waals surface area contributed by atoms with E-state index in [4.69, 9.17) is 14.5 Å². The van der Waals surface area contributed by atoms with Crippen molar-refractivity contribution in [2.24, 2.45) is 7.05 Å². The molecule has 0 aliphatic carbocycles. The van der Waals surface area contributed by atoms with Gasteiger partial charge in [-0.1, -0.05) is 12.0 Å². The summed E-state index contributed by atoms with van der Waals surface area (Å²) in [7, 11) is 3.24. The van der Waals surface area contributed by atoms with Crippen molar-refractivity contribution >= 4 is 17.1 Å². The van der Waals surface area contributed by atoms with Gasteiger partial charge < -0.3 is 14.4 Å². The predicted molar refractivity (Wildman–Crippen MR) is 115 cm³/mol. The molecule has 3 heterocycles. The molecule has 0 atom stereocenters. The molecular formula is C22H25N5O3. The molecule has 2 aromatic heterocycles. The van der Waals surface area contributed by atoms with Crippen molar-refractivity contribution in [3.63, 3.8) is 0 Å². The van der Waals surface area contributed by atoms with Gasteiger partial charge in [0.1, 0.15) is 11.5 Å². The fourth-order valence-electron chi connectivity index (χ4n) is 3.63. The molecule has 156 valence electrons. The summed E-state index contributed by atoms with van der Waals surface area (Å²) in [5, 5.41) is 0. The van der Waals surface area contributed by atoms with Crippen LogP contribution >= 0.6 is 0 Å². The van der Waals surface area contributed by atoms with Crippen LogP contribution in [0.1, 0.15) is 26.2 Å². The predicted octanol–water partition coefficient (Wildman–Crippen LogP) is 2.94. The third-order valence-electron chi connectivity index (χ3n) is 5.23. The average molecular weight is 407 g/mol. The van der Waals surface area contributed by atoms with Crippen LogP contribution < -0.4 is 19.9 Å². The molecular weight excluding hydrogens is 382 g/mol. The third-order valence-corrected chi connectivity index (χ3v) is 5.23. The first kappa shape index (κ1) is 19.8. The van der Waals surface area contributed by atoms with E-state index in [2.05, 4.69) is 21.7 Å². The summed E-state index contributed by atoms with van der Waals surface area (Å²) in [5.74, 6) is 7.91. The maximum Gasteiger partial charge on any atom is 0.306 e. The largest absolute Gasteiger partial charge is 0.497 e. The van der Waals surface area contributed by atoms with Gasteiger partial charge in [-0.05, 0) is 38.3 Å². The zero-order chi connectivity index (χ0) is 21.1. The smallest absolute Gasteiger partial charge is 0.306 e. The summed E-state index contributed by atoms with van der Waals surface area (Å²) >= 11 is 0. The van der Waals surface area contributed by atoms with Gasteiger partial charge in [-0.2, -0.15) is 9.97 Å². The molecule has 4 rings (SSSR count).